The van der Waals surface area contributed by atoms with E-state index in [2.05, 4.69) is 42.5 Å². The average molecular weight is 1170 g/mol. The molecule has 464 valence electrons. The molecule has 0 bridgehead atoms. The number of carbonyl (C=O) groups excluding carboxylic acids is 10. The Labute approximate surface area is 494 Å². The molecule has 3 aliphatic rings. The van der Waals surface area contributed by atoms with Crippen molar-refractivity contribution in [1.29, 1.82) is 0 Å². The minimum Gasteiger partial charge on any atom is -0.343 e. The molecule has 0 radical (unpaired) electrons. The van der Waals surface area contributed by atoms with Gasteiger partial charge in [-0.25, -0.2) is 0 Å². The maximum Gasteiger partial charge on any atom is 0.246 e. The van der Waals surface area contributed by atoms with Crippen LogP contribution in [0.1, 0.15) is 118 Å². The Morgan fingerprint density at radius 2 is 0.726 bits per heavy atom. The summed E-state index contributed by atoms with van der Waals surface area (Å²) < 4.78 is 0. The molecule has 0 unspecified atom stereocenters. The molecule has 16 N–H and O–H groups in total. The first-order valence-corrected chi connectivity index (χ1v) is 29.8. The molecule has 0 aliphatic carbocycles. The van der Waals surface area contributed by atoms with Gasteiger partial charge in [0.25, 0.3) is 0 Å². The molecule has 0 spiro atoms. The van der Waals surface area contributed by atoms with Gasteiger partial charge in [-0.15, -0.1) is 0 Å². The monoisotopic (exact) mass is 1170 g/mol. The summed E-state index contributed by atoms with van der Waals surface area (Å²) in [6, 6.07) is 3.94. The largest absolute Gasteiger partial charge is 0.343 e. The zero-order chi connectivity index (χ0) is 61.9. The van der Waals surface area contributed by atoms with Gasteiger partial charge in [0.05, 0.1) is 0 Å². The summed E-state index contributed by atoms with van der Waals surface area (Å²) in [5.41, 5.74) is 26.2. The molecule has 12 atom stereocenters. The van der Waals surface area contributed by atoms with E-state index < -0.39 is 143 Å². The van der Waals surface area contributed by atoms with Crippen molar-refractivity contribution in [2.75, 3.05) is 26.2 Å². The fourth-order valence-electron chi connectivity index (χ4n) is 11.0. The lowest BCUT2D eigenvalue weighted by Gasteiger charge is -2.33. The summed E-state index contributed by atoms with van der Waals surface area (Å²) in [6.45, 7) is 14.3. The molecule has 0 saturated carbocycles. The molecule has 2 aromatic carbocycles. The Morgan fingerprint density at radius 1 is 0.417 bits per heavy atom. The fraction of sp³-hybridized carbons (Fsp3) is 0.633. The molecule has 0 aromatic heterocycles. The van der Waals surface area contributed by atoms with Crippen LogP contribution in [0.15, 0.2) is 60.7 Å². The van der Waals surface area contributed by atoms with Gasteiger partial charge in [-0.1, -0.05) is 116 Å². The van der Waals surface area contributed by atoms with E-state index in [0.29, 0.717) is 11.1 Å². The van der Waals surface area contributed by atoms with Crippen molar-refractivity contribution in [3.63, 3.8) is 0 Å². The summed E-state index contributed by atoms with van der Waals surface area (Å²) in [7, 11) is 0. The summed E-state index contributed by atoms with van der Waals surface area (Å²) >= 11 is 0. The first-order chi connectivity index (χ1) is 39.8. The van der Waals surface area contributed by atoms with Crippen molar-refractivity contribution in [3.05, 3.63) is 71.8 Å². The number of rotatable bonds is 16. The molecule has 10 amide bonds. The van der Waals surface area contributed by atoms with Crippen LogP contribution in [0, 0.1) is 23.7 Å². The van der Waals surface area contributed by atoms with Crippen LogP contribution in [0.5, 0.6) is 0 Å². The van der Waals surface area contributed by atoms with Crippen molar-refractivity contribution in [2.45, 2.75) is 192 Å². The number of fused-ring (bicyclic) bond motifs is 2. The lowest BCUT2D eigenvalue weighted by atomic mass is 9.98. The maximum atomic E-state index is 15.0. The van der Waals surface area contributed by atoms with E-state index in [9.17, 15) is 38.4 Å². The molecule has 3 saturated heterocycles. The van der Waals surface area contributed by atoms with Crippen LogP contribution in [0.25, 0.3) is 0 Å². The van der Waals surface area contributed by atoms with Gasteiger partial charge in [-0.2, -0.15) is 0 Å². The molecule has 3 fully saturated rings. The number of hydrogen-bond acceptors (Lipinski definition) is 14. The second-order valence-corrected chi connectivity index (χ2v) is 24.3. The summed E-state index contributed by atoms with van der Waals surface area (Å²) in [5, 5.41) is 22.6. The number of nitrogens with two attached hydrogens (primary N) is 4. The van der Waals surface area contributed by atoms with E-state index in [1.54, 1.807) is 88.4 Å². The normalized spacial score (nSPS) is 28.0. The Morgan fingerprint density at radius 3 is 1.04 bits per heavy atom. The third-order valence-corrected chi connectivity index (χ3v) is 15.5. The molecular formula is C60H94N14O10. The SMILES string of the molecule is CC(C)C[C@@H]1NC(=O)[C@H](CCCN)NC(=O)[C@H](C(C)C)NC(=O)[C@@H]2C[C@@H](N)CN2C(=O)[C@@H](Cc2ccccc2)NC(=O)[C@H](CC(C)C)NC(=O)[C@@H](CCCN)NC(=O)[C@H](C(C)C)NC(=O)[C@@H]2C[C@@H](N)CN2C(=O)[C@@H](Cc2ccccc2)NC1=O. The highest BCUT2D eigenvalue weighted by Gasteiger charge is 2.45. The number of benzene rings is 2. The summed E-state index contributed by atoms with van der Waals surface area (Å²) in [5.74, 6) is -8.52. The van der Waals surface area contributed by atoms with Crippen molar-refractivity contribution in [1.82, 2.24) is 52.3 Å². The zero-order valence-electron chi connectivity index (χ0n) is 50.2. The van der Waals surface area contributed by atoms with Crippen LogP contribution >= 0.6 is 0 Å². The molecule has 84 heavy (non-hydrogen) atoms. The van der Waals surface area contributed by atoms with E-state index >= 15 is 9.59 Å². The van der Waals surface area contributed by atoms with Crippen LogP contribution in [-0.2, 0) is 60.8 Å². The molecule has 24 nitrogen and oxygen atoms in total. The van der Waals surface area contributed by atoms with Crippen molar-refractivity contribution < 1.29 is 47.9 Å². The average Bonchev–Trinajstić information content (AvgIpc) is 3.02. The molecule has 3 heterocycles. The van der Waals surface area contributed by atoms with Gasteiger partial charge >= 0.3 is 0 Å². The highest BCUT2D eigenvalue weighted by molar-refractivity contribution is 6.00. The quantitative estimate of drug-likeness (QED) is 0.0970. The molecular weight excluding hydrogens is 1080 g/mol. The van der Waals surface area contributed by atoms with E-state index in [1.165, 1.54) is 9.80 Å². The van der Waals surface area contributed by atoms with Crippen molar-refractivity contribution >= 4 is 59.1 Å². The molecule has 3 aliphatic heterocycles. The Hall–Kier alpha value is -7.02. The van der Waals surface area contributed by atoms with Gasteiger partial charge < -0.3 is 75.3 Å². The third kappa shape index (κ3) is 19.5. The molecule has 24 heteroatoms. The highest BCUT2D eigenvalue weighted by atomic mass is 16.2. The summed E-state index contributed by atoms with van der Waals surface area (Å²) in [6.07, 6.45) is 0.800. The van der Waals surface area contributed by atoms with Crippen molar-refractivity contribution in [2.24, 2.45) is 46.6 Å². The third-order valence-electron chi connectivity index (χ3n) is 15.5. The van der Waals surface area contributed by atoms with Gasteiger partial charge in [-0.3, -0.25) is 47.9 Å². The minimum atomic E-state index is -1.29. The number of hydrogen-bond donors (Lipinski definition) is 12. The second-order valence-electron chi connectivity index (χ2n) is 24.3. The van der Waals surface area contributed by atoms with E-state index in [4.69, 9.17) is 22.9 Å². The Kier molecular flexibility index (Phi) is 26.1. The number of nitrogens with zero attached hydrogens (tertiary/aromatic N) is 2. The zero-order valence-corrected chi connectivity index (χ0v) is 50.2. The van der Waals surface area contributed by atoms with Crippen LogP contribution in [0.4, 0.5) is 0 Å². The number of nitrogens with one attached hydrogen (secondary N) is 8. The predicted molar refractivity (Wildman–Crippen MR) is 317 cm³/mol. The van der Waals surface area contributed by atoms with E-state index in [-0.39, 0.29) is 102 Å². The van der Waals surface area contributed by atoms with Crippen LogP contribution < -0.4 is 65.5 Å². The smallest absolute Gasteiger partial charge is 0.246 e. The predicted octanol–water partition coefficient (Wildman–Crippen LogP) is -0.898. The van der Waals surface area contributed by atoms with Crippen LogP contribution in [0.3, 0.4) is 0 Å². The Balaban J connectivity index is 1.61. The van der Waals surface area contributed by atoms with Crippen LogP contribution in [0.2, 0.25) is 0 Å². The lowest BCUT2D eigenvalue weighted by Crippen LogP contribution is -2.62. The highest BCUT2D eigenvalue weighted by Crippen LogP contribution is 2.23. The number of carbonyl (C=O) groups is 10. The first-order valence-electron chi connectivity index (χ1n) is 29.8. The van der Waals surface area contributed by atoms with Gasteiger partial charge in [0.1, 0.15) is 60.4 Å². The van der Waals surface area contributed by atoms with Gasteiger partial charge in [-0.05, 0) is 99.3 Å². The van der Waals surface area contributed by atoms with E-state index in [0.717, 1.165) is 0 Å². The van der Waals surface area contributed by atoms with Gasteiger partial charge in [0.15, 0.2) is 0 Å². The maximum absolute atomic E-state index is 15.0. The second kappa shape index (κ2) is 32.3. The lowest BCUT2D eigenvalue weighted by molar-refractivity contribution is -0.143. The Bertz CT molecular complexity index is 2400. The van der Waals surface area contributed by atoms with Crippen molar-refractivity contribution in [3.8, 4) is 0 Å². The topological polar surface area (TPSA) is 377 Å². The standard InChI is InChI=1S/C60H94N14O10/c1-33(2)25-43-53(77)69-45(27-37-17-11-9-12-18-37)59(83)73-31-39(63)29-47(73)55(79)72-50(36(7)8)58(82)66-42(22-16-24-62)52(76)68-44(26-34(3)4)54(78)70-46(28-38-19-13-10-14-20-38)60(84)74-32-40(64)30-48(74)56(80)71-49(35(5)6)57(81)65-41(21-15-23-61)51(75)67-43/h9-14,17-20,33-36,39-50H,15-16,21-32,61-64H2,1-8H3,(H,65,81)(H,66,82)(H,67,75)(H,68,76)(H,69,77)(H,70,78)(H,71,80)(H,72,79)/t39-,40-,41-,42+,43+,44+,45-,46-,47+,48+,49+,50+/m1/s1. The van der Waals surface area contributed by atoms with E-state index in [1.807, 2.05) is 27.7 Å². The minimum absolute atomic E-state index is 0.00405. The fourth-order valence-corrected chi connectivity index (χ4v) is 11.0. The first kappa shape index (κ1) is 67.8. The molecule has 5 rings (SSSR count). The van der Waals surface area contributed by atoms with Gasteiger partial charge in [0.2, 0.25) is 59.1 Å². The van der Waals surface area contributed by atoms with Gasteiger partial charge in [0, 0.05) is 38.0 Å². The van der Waals surface area contributed by atoms with Crippen LogP contribution in [-0.4, -0.2) is 168 Å². The number of amides is 10. The summed E-state index contributed by atoms with van der Waals surface area (Å²) in [4.78, 5) is 149. The molecule has 2 aromatic rings.